The van der Waals surface area contributed by atoms with Gasteiger partial charge in [0.15, 0.2) is 0 Å². The topological polar surface area (TPSA) is 32.3 Å². The van der Waals surface area contributed by atoms with Crippen LogP contribution in [0.15, 0.2) is 0 Å². The van der Waals surface area contributed by atoms with Gasteiger partial charge < -0.3 is 10.2 Å². The zero-order valence-corrected chi connectivity index (χ0v) is 9.53. The van der Waals surface area contributed by atoms with Crippen LogP contribution in [0.25, 0.3) is 0 Å². The molecule has 0 aromatic carbocycles. The minimum absolute atomic E-state index is 0. The average Bonchev–Trinajstić information content (AvgIpc) is 2.51. The van der Waals surface area contributed by atoms with Gasteiger partial charge >= 0.3 is 0 Å². The second-order valence-electron chi connectivity index (χ2n) is 4.44. The maximum absolute atomic E-state index is 11.2. The van der Waals surface area contributed by atoms with Crippen LogP contribution in [0.4, 0.5) is 0 Å². The first-order valence-electron chi connectivity index (χ1n) is 5.18. The molecule has 3 nitrogen and oxygen atoms in total. The molecule has 4 heteroatoms. The smallest absolute Gasteiger partial charge is 0.219 e. The van der Waals surface area contributed by atoms with Gasteiger partial charge in [-0.2, -0.15) is 0 Å². The molecule has 0 unspecified atom stereocenters. The second-order valence-corrected chi connectivity index (χ2v) is 4.44. The van der Waals surface area contributed by atoms with Crippen LogP contribution in [0.1, 0.15) is 26.2 Å². The van der Waals surface area contributed by atoms with Crippen LogP contribution in [0.2, 0.25) is 0 Å². The van der Waals surface area contributed by atoms with Gasteiger partial charge in [-0.05, 0) is 37.8 Å². The molecule has 0 radical (unpaired) electrons. The van der Waals surface area contributed by atoms with Crippen molar-refractivity contribution in [3.8, 4) is 0 Å². The number of nitrogens with one attached hydrogen (secondary N) is 1. The monoisotopic (exact) mass is 218 g/mol. The number of piperidine rings is 1. The minimum atomic E-state index is 0. The molecule has 1 N–H and O–H groups in total. The summed E-state index contributed by atoms with van der Waals surface area (Å²) >= 11 is 0. The summed E-state index contributed by atoms with van der Waals surface area (Å²) in [7, 11) is 0. The highest BCUT2D eigenvalue weighted by Crippen LogP contribution is 2.38. The Balaban J connectivity index is 0.000000980. The number of carbonyl (C=O) groups is 1. The Kier molecular flexibility index (Phi) is 3.78. The standard InChI is InChI=1S/C10H18N2O.ClH/c1-9(13)12-7-4-10(8-12)2-5-11-6-3-10;/h11H,2-8H2,1H3;1H. The number of hydrogen-bond acceptors (Lipinski definition) is 2. The summed E-state index contributed by atoms with van der Waals surface area (Å²) in [5.74, 6) is 0.246. The van der Waals surface area contributed by atoms with Gasteiger partial charge in [-0.15, -0.1) is 12.4 Å². The molecule has 0 atom stereocenters. The quantitative estimate of drug-likeness (QED) is 0.659. The van der Waals surface area contributed by atoms with E-state index >= 15 is 0 Å². The van der Waals surface area contributed by atoms with Gasteiger partial charge in [-0.1, -0.05) is 0 Å². The summed E-state index contributed by atoms with van der Waals surface area (Å²) in [6.07, 6.45) is 3.71. The number of halogens is 1. The lowest BCUT2D eigenvalue weighted by molar-refractivity contribution is -0.128. The lowest BCUT2D eigenvalue weighted by Crippen LogP contribution is -2.39. The molecule has 1 spiro atoms. The van der Waals surface area contributed by atoms with Crippen LogP contribution < -0.4 is 5.32 Å². The molecular formula is C10H19ClN2O. The van der Waals surface area contributed by atoms with Gasteiger partial charge in [0.1, 0.15) is 0 Å². The van der Waals surface area contributed by atoms with Crippen molar-refractivity contribution in [2.24, 2.45) is 5.41 Å². The highest BCUT2D eigenvalue weighted by Gasteiger charge is 2.39. The Morgan fingerprint density at radius 1 is 1.29 bits per heavy atom. The largest absolute Gasteiger partial charge is 0.342 e. The third-order valence-corrected chi connectivity index (χ3v) is 3.55. The molecule has 0 bridgehead atoms. The fourth-order valence-corrected chi connectivity index (χ4v) is 2.57. The Bertz CT molecular complexity index is 214. The van der Waals surface area contributed by atoms with Crippen molar-refractivity contribution in [3.05, 3.63) is 0 Å². The number of nitrogens with zero attached hydrogens (tertiary/aromatic N) is 1. The Morgan fingerprint density at radius 2 is 1.93 bits per heavy atom. The van der Waals surface area contributed by atoms with E-state index in [1.54, 1.807) is 6.92 Å². The van der Waals surface area contributed by atoms with Crippen LogP contribution in [0, 0.1) is 5.41 Å². The van der Waals surface area contributed by atoms with Crippen molar-refractivity contribution in [1.29, 1.82) is 0 Å². The van der Waals surface area contributed by atoms with Crippen molar-refractivity contribution in [3.63, 3.8) is 0 Å². The van der Waals surface area contributed by atoms with E-state index in [1.807, 2.05) is 4.90 Å². The molecule has 2 saturated heterocycles. The highest BCUT2D eigenvalue weighted by atomic mass is 35.5. The van der Waals surface area contributed by atoms with Crippen LogP contribution in [-0.4, -0.2) is 37.0 Å². The van der Waals surface area contributed by atoms with Gasteiger partial charge in [-0.25, -0.2) is 0 Å². The zero-order valence-electron chi connectivity index (χ0n) is 8.71. The summed E-state index contributed by atoms with van der Waals surface area (Å²) in [5, 5.41) is 3.38. The fraction of sp³-hybridized carbons (Fsp3) is 0.900. The summed E-state index contributed by atoms with van der Waals surface area (Å²) in [6, 6.07) is 0. The third kappa shape index (κ3) is 2.20. The molecule has 82 valence electrons. The predicted molar refractivity (Wildman–Crippen MR) is 58.7 cm³/mol. The SMILES string of the molecule is CC(=O)N1CCC2(CCNCC2)C1.Cl. The highest BCUT2D eigenvalue weighted by molar-refractivity contribution is 5.85. The first-order valence-corrected chi connectivity index (χ1v) is 5.18. The molecule has 2 aliphatic rings. The van der Waals surface area contributed by atoms with E-state index in [0.717, 1.165) is 26.2 Å². The van der Waals surface area contributed by atoms with Crippen LogP contribution >= 0.6 is 12.4 Å². The van der Waals surface area contributed by atoms with E-state index in [9.17, 15) is 4.79 Å². The molecule has 2 aliphatic heterocycles. The molecule has 0 aromatic rings. The molecule has 0 aliphatic carbocycles. The van der Waals surface area contributed by atoms with Crippen molar-refractivity contribution in [2.45, 2.75) is 26.2 Å². The Morgan fingerprint density at radius 3 is 2.43 bits per heavy atom. The molecule has 0 saturated carbocycles. The van der Waals surface area contributed by atoms with Crippen molar-refractivity contribution in [1.82, 2.24) is 10.2 Å². The summed E-state index contributed by atoms with van der Waals surface area (Å²) in [5.41, 5.74) is 0.469. The number of carbonyl (C=O) groups excluding carboxylic acids is 1. The van der Waals surface area contributed by atoms with E-state index in [0.29, 0.717) is 5.41 Å². The second kappa shape index (κ2) is 4.49. The minimum Gasteiger partial charge on any atom is -0.342 e. The first-order chi connectivity index (χ1) is 6.22. The van der Waals surface area contributed by atoms with Crippen molar-refractivity contribution in [2.75, 3.05) is 26.2 Å². The molecule has 14 heavy (non-hydrogen) atoms. The number of rotatable bonds is 0. The average molecular weight is 219 g/mol. The lowest BCUT2D eigenvalue weighted by Gasteiger charge is -2.33. The maximum Gasteiger partial charge on any atom is 0.219 e. The van der Waals surface area contributed by atoms with Gasteiger partial charge in [0, 0.05) is 20.0 Å². The van der Waals surface area contributed by atoms with E-state index < -0.39 is 0 Å². The lowest BCUT2D eigenvalue weighted by atomic mass is 9.78. The van der Waals surface area contributed by atoms with Crippen LogP contribution in [0.5, 0.6) is 0 Å². The first kappa shape index (κ1) is 11.8. The van der Waals surface area contributed by atoms with Crippen LogP contribution in [-0.2, 0) is 4.79 Å². The normalized spacial score (nSPS) is 24.8. The maximum atomic E-state index is 11.2. The molecule has 2 fully saturated rings. The third-order valence-electron chi connectivity index (χ3n) is 3.55. The fourth-order valence-electron chi connectivity index (χ4n) is 2.57. The molecule has 2 heterocycles. The number of hydrogen-bond donors (Lipinski definition) is 1. The summed E-state index contributed by atoms with van der Waals surface area (Å²) in [6.45, 7) is 5.93. The van der Waals surface area contributed by atoms with E-state index in [-0.39, 0.29) is 18.3 Å². The number of amides is 1. The number of likely N-dealkylation sites (tertiary alicyclic amines) is 1. The van der Waals surface area contributed by atoms with Crippen molar-refractivity contribution < 1.29 is 4.79 Å². The van der Waals surface area contributed by atoms with Gasteiger partial charge in [0.2, 0.25) is 5.91 Å². The Hall–Kier alpha value is -0.280. The van der Waals surface area contributed by atoms with Crippen LogP contribution in [0.3, 0.4) is 0 Å². The molecular weight excluding hydrogens is 200 g/mol. The van der Waals surface area contributed by atoms with E-state index in [2.05, 4.69) is 5.32 Å². The van der Waals surface area contributed by atoms with E-state index in [1.165, 1.54) is 19.3 Å². The summed E-state index contributed by atoms with van der Waals surface area (Å²) < 4.78 is 0. The zero-order chi connectivity index (χ0) is 9.31. The Labute approximate surface area is 91.6 Å². The van der Waals surface area contributed by atoms with Gasteiger partial charge in [0.25, 0.3) is 0 Å². The van der Waals surface area contributed by atoms with Gasteiger partial charge in [0.05, 0.1) is 0 Å². The molecule has 0 aromatic heterocycles. The molecule has 2 rings (SSSR count). The van der Waals surface area contributed by atoms with Crippen molar-refractivity contribution >= 4 is 18.3 Å². The molecule has 1 amide bonds. The predicted octanol–water partition coefficient (Wildman–Crippen LogP) is 1.03. The summed E-state index contributed by atoms with van der Waals surface area (Å²) in [4.78, 5) is 13.2. The van der Waals surface area contributed by atoms with Gasteiger partial charge in [-0.3, -0.25) is 4.79 Å². The van der Waals surface area contributed by atoms with E-state index in [4.69, 9.17) is 0 Å².